The first kappa shape index (κ1) is 19.4. The second kappa shape index (κ2) is 6.98. The Bertz CT molecular complexity index is 981. The Labute approximate surface area is 153 Å². The molecule has 1 aromatic heterocycles. The molecular formula is C17H9F6N3O2. The Balaban J connectivity index is 1.76. The topological polar surface area (TPSA) is 68.0 Å². The maximum Gasteiger partial charge on any atom is 0.471 e. The third-order valence-corrected chi connectivity index (χ3v) is 3.56. The Morgan fingerprint density at radius 2 is 1.54 bits per heavy atom. The molecule has 11 heteroatoms. The minimum absolute atomic E-state index is 0.137. The monoisotopic (exact) mass is 401 g/mol. The highest BCUT2D eigenvalue weighted by molar-refractivity contribution is 6.04. The van der Waals surface area contributed by atoms with Crippen molar-refractivity contribution >= 4 is 11.6 Å². The highest BCUT2D eigenvalue weighted by Crippen LogP contribution is 2.36. The number of nitrogens with one attached hydrogen (secondary N) is 1. The standard InChI is InChI=1S/C17H9F6N3O2/c18-11-5-1-9(2-6-11)13(27)24-12-7-3-10(4-8-12)16(19,20)14-25-15(28-26-14)17(21,22)23/h1-8H,(H,24,27). The van der Waals surface area contributed by atoms with Gasteiger partial charge in [0.05, 0.1) is 0 Å². The molecule has 0 fully saturated rings. The highest BCUT2D eigenvalue weighted by atomic mass is 19.4. The molecule has 0 aliphatic carbocycles. The van der Waals surface area contributed by atoms with Crippen LogP contribution in [0.5, 0.6) is 0 Å². The van der Waals surface area contributed by atoms with Crippen molar-refractivity contribution in [3.8, 4) is 0 Å². The molecule has 0 spiro atoms. The van der Waals surface area contributed by atoms with E-state index in [1.807, 2.05) is 0 Å². The zero-order valence-corrected chi connectivity index (χ0v) is 13.6. The van der Waals surface area contributed by atoms with Crippen LogP contribution in [0.15, 0.2) is 53.1 Å². The van der Waals surface area contributed by atoms with Crippen LogP contribution in [0.3, 0.4) is 0 Å². The molecule has 146 valence electrons. The van der Waals surface area contributed by atoms with Crippen LogP contribution in [0, 0.1) is 5.82 Å². The van der Waals surface area contributed by atoms with Gasteiger partial charge in [-0.15, -0.1) is 0 Å². The van der Waals surface area contributed by atoms with E-state index in [9.17, 15) is 31.1 Å². The summed E-state index contributed by atoms with van der Waals surface area (Å²) in [5, 5.41) is 5.11. The summed E-state index contributed by atoms with van der Waals surface area (Å²) in [7, 11) is 0. The number of halogens is 6. The number of anilines is 1. The van der Waals surface area contributed by atoms with E-state index in [1.165, 1.54) is 12.1 Å². The molecule has 0 bridgehead atoms. The number of carbonyl (C=O) groups excluding carboxylic acids is 1. The van der Waals surface area contributed by atoms with E-state index in [1.54, 1.807) is 0 Å². The lowest BCUT2D eigenvalue weighted by Gasteiger charge is -2.13. The molecule has 3 aromatic rings. The number of alkyl halides is 5. The van der Waals surface area contributed by atoms with Crippen LogP contribution in [0.25, 0.3) is 0 Å². The average Bonchev–Trinajstić information content (AvgIpc) is 3.14. The van der Waals surface area contributed by atoms with Gasteiger partial charge in [0, 0.05) is 16.8 Å². The molecule has 1 N–H and O–H groups in total. The fourth-order valence-corrected chi connectivity index (χ4v) is 2.16. The van der Waals surface area contributed by atoms with E-state index in [0.29, 0.717) is 0 Å². The molecule has 2 aromatic carbocycles. The summed E-state index contributed by atoms with van der Waals surface area (Å²) in [6.07, 6.45) is -5.05. The van der Waals surface area contributed by atoms with Gasteiger partial charge in [-0.05, 0) is 36.4 Å². The van der Waals surface area contributed by atoms with E-state index in [2.05, 4.69) is 20.0 Å². The van der Waals surface area contributed by atoms with E-state index < -0.39 is 41.1 Å². The number of rotatable bonds is 4. The van der Waals surface area contributed by atoms with E-state index in [0.717, 1.165) is 36.4 Å². The lowest BCUT2D eigenvalue weighted by Crippen LogP contribution is -2.18. The molecule has 0 unspecified atom stereocenters. The molecule has 0 atom stereocenters. The van der Waals surface area contributed by atoms with Crippen LogP contribution in [0.4, 0.5) is 32.0 Å². The normalized spacial score (nSPS) is 12.1. The molecular weight excluding hydrogens is 392 g/mol. The molecule has 0 aliphatic rings. The maximum atomic E-state index is 14.3. The molecule has 1 amide bonds. The van der Waals surface area contributed by atoms with Gasteiger partial charge in [-0.2, -0.15) is 26.9 Å². The maximum absolute atomic E-state index is 14.3. The number of benzene rings is 2. The van der Waals surface area contributed by atoms with E-state index in [-0.39, 0.29) is 11.3 Å². The van der Waals surface area contributed by atoms with Crippen molar-refractivity contribution in [1.29, 1.82) is 0 Å². The number of hydrogen-bond acceptors (Lipinski definition) is 4. The minimum atomic E-state index is -5.05. The Kier molecular flexibility index (Phi) is 4.84. The van der Waals surface area contributed by atoms with Gasteiger partial charge in [0.2, 0.25) is 5.82 Å². The van der Waals surface area contributed by atoms with Gasteiger partial charge in [-0.1, -0.05) is 17.3 Å². The Morgan fingerprint density at radius 1 is 0.929 bits per heavy atom. The van der Waals surface area contributed by atoms with Crippen LogP contribution < -0.4 is 5.32 Å². The van der Waals surface area contributed by atoms with Crippen molar-refractivity contribution in [3.05, 3.63) is 77.2 Å². The van der Waals surface area contributed by atoms with Crippen molar-refractivity contribution in [3.63, 3.8) is 0 Å². The molecule has 0 aliphatic heterocycles. The van der Waals surface area contributed by atoms with E-state index >= 15 is 0 Å². The summed E-state index contributed by atoms with van der Waals surface area (Å²) < 4.78 is 82.6. The third-order valence-electron chi connectivity index (χ3n) is 3.56. The lowest BCUT2D eigenvalue weighted by molar-refractivity contribution is -0.159. The number of aromatic nitrogens is 2. The third kappa shape index (κ3) is 3.97. The van der Waals surface area contributed by atoms with Gasteiger partial charge >= 0.3 is 18.0 Å². The summed E-state index contributed by atoms with van der Waals surface area (Å²) >= 11 is 0. The molecule has 28 heavy (non-hydrogen) atoms. The first-order valence-electron chi connectivity index (χ1n) is 7.54. The first-order valence-corrected chi connectivity index (χ1v) is 7.54. The van der Waals surface area contributed by atoms with Crippen LogP contribution in [0.2, 0.25) is 0 Å². The average molecular weight is 401 g/mol. The van der Waals surface area contributed by atoms with Gasteiger partial charge in [-0.25, -0.2) is 4.39 Å². The Morgan fingerprint density at radius 3 is 2.07 bits per heavy atom. The van der Waals surface area contributed by atoms with Crippen molar-refractivity contribution in [2.45, 2.75) is 12.1 Å². The number of hydrogen-bond donors (Lipinski definition) is 1. The zero-order valence-electron chi connectivity index (χ0n) is 13.6. The van der Waals surface area contributed by atoms with Crippen molar-refractivity contribution < 1.29 is 35.7 Å². The summed E-state index contributed by atoms with van der Waals surface area (Å²) in [5.41, 5.74) is -0.429. The van der Waals surface area contributed by atoms with Gasteiger partial charge in [0.15, 0.2) is 0 Å². The number of nitrogens with zero attached hydrogens (tertiary/aromatic N) is 2. The smallest absolute Gasteiger partial charge is 0.329 e. The number of carbonyl (C=O) groups is 1. The zero-order chi connectivity index (χ0) is 20.5. The summed E-state index contributed by atoms with van der Waals surface area (Å²) in [5.74, 6) is -8.41. The number of amides is 1. The van der Waals surface area contributed by atoms with Crippen LogP contribution in [-0.4, -0.2) is 16.0 Å². The first-order chi connectivity index (χ1) is 13.1. The van der Waals surface area contributed by atoms with Crippen molar-refractivity contribution in [2.75, 3.05) is 5.32 Å². The molecule has 5 nitrogen and oxygen atoms in total. The fraction of sp³-hybridized carbons (Fsp3) is 0.118. The van der Waals surface area contributed by atoms with Gasteiger partial charge in [-0.3, -0.25) is 4.79 Å². The quantitative estimate of drug-likeness (QED) is 0.648. The largest absolute Gasteiger partial charge is 0.471 e. The summed E-state index contributed by atoms with van der Waals surface area (Å²) in [6, 6.07) is 8.67. The highest BCUT2D eigenvalue weighted by Gasteiger charge is 2.44. The van der Waals surface area contributed by atoms with Crippen LogP contribution >= 0.6 is 0 Å². The van der Waals surface area contributed by atoms with Gasteiger partial charge in [0.25, 0.3) is 5.91 Å². The second-order valence-corrected chi connectivity index (χ2v) is 5.53. The molecule has 0 radical (unpaired) electrons. The second-order valence-electron chi connectivity index (χ2n) is 5.53. The summed E-state index contributed by atoms with van der Waals surface area (Å²) in [6.45, 7) is 0. The van der Waals surface area contributed by atoms with Crippen LogP contribution in [-0.2, 0) is 12.1 Å². The fourth-order valence-electron chi connectivity index (χ4n) is 2.16. The van der Waals surface area contributed by atoms with Gasteiger partial charge < -0.3 is 9.84 Å². The Hall–Kier alpha value is -3.37. The molecule has 0 saturated carbocycles. The summed E-state index contributed by atoms with van der Waals surface area (Å²) in [4.78, 5) is 14.7. The molecule has 0 saturated heterocycles. The lowest BCUT2D eigenvalue weighted by atomic mass is 10.1. The predicted octanol–water partition coefficient (Wildman–Crippen LogP) is 4.62. The van der Waals surface area contributed by atoms with Gasteiger partial charge in [0.1, 0.15) is 5.82 Å². The van der Waals surface area contributed by atoms with Crippen molar-refractivity contribution in [2.24, 2.45) is 0 Å². The van der Waals surface area contributed by atoms with Crippen molar-refractivity contribution in [1.82, 2.24) is 10.1 Å². The minimum Gasteiger partial charge on any atom is -0.329 e. The SMILES string of the molecule is O=C(Nc1ccc(C(F)(F)c2noc(C(F)(F)F)n2)cc1)c1ccc(F)cc1. The van der Waals surface area contributed by atoms with Crippen LogP contribution in [0.1, 0.15) is 27.6 Å². The molecule has 1 heterocycles. The van der Waals surface area contributed by atoms with E-state index in [4.69, 9.17) is 0 Å². The molecule has 3 rings (SSSR count). The predicted molar refractivity (Wildman–Crippen MR) is 83.1 cm³/mol.